The van der Waals surface area contributed by atoms with E-state index in [1.165, 1.54) is 11.3 Å². The van der Waals surface area contributed by atoms with Gasteiger partial charge in [-0.15, -0.1) is 11.3 Å². The Hall–Kier alpha value is -2.34. The number of amides is 2. The minimum atomic E-state index is -0.456. The Balaban J connectivity index is 1.81. The summed E-state index contributed by atoms with van der Waals surface area (Å²) in [4.78, 5) is 28.0. The van der Waals surface area contributed by atoms with E-state index in [4.69, 9.17) is 4.74 Å². The first kappa shape index (κ1) is 19.4. The SMILES string of the molecule is COc1ccc(C(C)(C)C)cc1NC(=O)C1CCCN1C(=O)c1cccs1. The van der Waals surface area contributed by atoms with Crippen molar-refractivity contribution in [3.05, 3.63) is 46.2 Å². The van der Waals surface area contributed by atoms with Crippen molar-refractivity contribution >= 4 is 28.8 Å². The summed E-state index contributed by atoms with van der Waals surface area (Å²) in [5.41, 5.74) is 1.71. The molecule has 0 bridgehead atoms. The third kappa shape index (κ3) is 4.16. The number of ether oxygens (including phenoxy) is 1. The summed E-state index contributed by atoms with van der Waals surface area (Å²) < 4.78 is 5.42. The smallest absolute Gasteiger partial charge is 0.264 e. The summed E-state index contributed by atoms with van der Waals surface area (Å²) in [7, 11) is 1.59. The molecule has 1 saturated heterocycles. The summed E-state index contributed by atoms with van der Waals surface area (Å²) in [6.07, 6.45) is 1.50. The number of carbonyl (C=O) groups excluding carboxylic acids is 2. The summed E-state index contributed by atoms with van der Waals surface area (Å²) in [5, 5.41) is 4.87. The van der Waals surface area contributed by atoms with E-state index in [2.05, 4.69) is 26.1 Å². The van der Waals surface area contributed by atoms with Crippen LogP contribution >= 0.6 is 11.3 Å². The highest BCUT2D eigenvalue weighted by atomic mass is 32.1. The van der Waals surface area contributed by atoms with Gasteiger partial charge in [-0.25, -0.2) is 0 Å². The zero-order valence-electron chi connectivity index (χ0n) is 16.2. The normalized spacial score (nSPS) is 17.0. The van der Waals surface area contributed by atoms with Gasteiger partial charge in [-0.1, -0.05) is 32.9 Å². The molecular weight excluding hydrogens is 360 g/mol. The topological polar surface area (TPSA) is 58.6 Å². The van der Waals surface area contributed by atoms with Crippen molar-refractivity contribution in [3.63, 3.8) is 0 Å². The number of likely N-dealkylation sites (tertiary alicyclic amines) is 1. The fourth-order valence-electron chi connectivity index (χ4n) is 3.31. The molecule has 1 aromatic carbocycles. The molecule has 0 saturated carbocycles. The quantitative estimate of drug-likeness (QED) is 0.852. The Bertz CT molecular complexity index is 824. The van der Waals surface area contributed by atoms with E-state index in [0.29, 0.717) is 29.3 Å². The summed E-state index contributed by atoms with van der Waals surface area (Å²) in [6, 6.07) is 9.04. The lowest BCUT2D eigenvalue weighted by Crippen LogP contribution is -2.43. The second kappa shape index (κ2) is 7.72. The Morgan fingerprint density at radius 2 is 2.04 bits per heavy atom. The van der Waals surface area contributed by atoms with Gasteiger partial charge in [0.1, 0.15) is 11.8 Å². The molecule has 1 fully saturated rings. The van der Waals surface area contributed by atoms with Gasteiger partial charge < -0.3 is 15.0 Å². The molecule has 1 atom stereocenters. The molecule has 2 amide bonds. The van der Waals surface area contributed by atoms with E-state index in [9.17, 15) is 9.59 Å². The fourth-order valence-corrected chi connectivity index (χ4v) is 3.99. The van der Waals surface area contributed by atoms with Gasteiger partial charge in [0.15, 0.2) is 0 Å². The van der Waals surface area contributed by atoms with Crippen LogP contribution in [-0.2, 0) is 10.2 Å². The van der Waals surface area contributed by atoms with Crippen LogP contribution < -0.4 is 10.1 Å². The fraction of sp³-hybridized carbons (Fsp3) is 0.429. The van der Waals surface area contributed by atoms with Crippen molar-refractivity contribution in [2.24, 2.45) is 0 Å². The summed E-state index contributed by atoms with van der Waals surface area (Å²) >= 11 is 1.40. The van der Waals surface area contributed by atoms with Crippen LogP contribution in [0.2, 0.25) is 0 Å². The van der Waals surface area contributed by atoms with Crippen LogP contribution in [0.5, 0.6) is 5.75 Å². The molecule has 2 heterocycles. The minimum absolute atomic E-state index is 0.0414. The molecule has 0 radical (unpaired) electrons. The predicted molar refractivity (Wildman–Crippen MR) is 109 cm³/mol. The highest BCUT2D eigenvalue weighted by Gasteiger charge is 2.35. The molecule has 1 aromatic heterocycles. The first-order chi connectivity index (χ1) is 12.8. The van der Waals surface area contributed by atoms with Gasteiger partial charge in [0.05, 0.1) is 17.7 Å². The maximum absolute atomic E-state index is 13.0. The number of benzene rings is 1. The zero-order valence-corrected chi connectivity index (χ0v) is 17.1. The van der Waals surface area contributed by atoms with Crippen molar-refractivity contribution in [3.8, 4) is 5.75 Å². The zero-order chi connectivity index (χ0) is 19.6. The number of nitrogens with one attached hydrogen (secondary N) is 1. The van der Waals surface area contributed by atoms with Gasteiger partial charge >= 0.3 is 0 Å². The summed E-state index contributed by atoms with van der Waals surface area (Å²) in [5.74, 6) is 0.380. The molecule has 6 heteroatoms. The lowest BCUT2D eigenvalue weighted by molar-refractivity contribution is -0.119. The Kier molecular flexibility index (Phi) is 5.56. The molecule has 1 unspecified atom stereocenters. The van der Waals surface area contributed by atoms with Crippen molar-refractivity contribution in [2.45, 2.75) is 45.1 Å². The molecule has 0 aliphatic carbocycles. The predicted octanol–water partition coefficient (Wildman–Crippen LogP) is 4.30. The van der Waals surface area contributed by atoms with E-state index < -0.39 is 6.04 Å². The third-order valence-corrected chi connectivity index (χ3v) is 5.73. The molecule has 27 heavy (non-hydrogen) atoms. The van der Waals surface area contributed by atoms with Gasteiger partial charge in [-0.2, -0.15) is 0 Å². The van der Waals surface area contributed by atoms with Crippen LogP contribution in [-0.4, -0.2) is 36.4 Å². The molecule has 3 rings (SSSR count). The monoisotopic (exact) mass is 386 g/mol. The molecule has 1 N–H and O–H groups in total. The average molecular weight is 387 g/mol. The average Bonchev–Trinajstić information content (AvgIpc) is 3.32. The lowest BCUT2D eigenvalue weighted by Gasteiger charge is -2.25. The van der Waals surface area contributed by atoms with Crippen LogP contribution in [0.4, 0.5) is 5.69 Å². The highest BCUT2D eigenvalue weighted by molar-refractivity contribution is 7.12. The van der Waals surface area contributed by atoms with E-state index in [0.717, 1.165) is 12.0 Å². The molecule has 2 aromatic rings. The lowest BCUT2D eigenvalue weighted by atomic mass is 9.87. The molecule has 1 aliphatic rings. The Morgan fingerprint density at radius 1 is 1.26 bits per heavy atom. The number of carbonyl (C=O) groups is 2. The van der Waals surface area contributed by atoms with Crippen LogP contribution in [0.25, 0.3) is 0 Å². The van der Waals surface area contributed by atoms with Crippen molar-refractivity contribution < 1.29 is 14.3 Å². The number of hydrogen-bond donors (Lipinski definition) is 1. The number of anilines is 1. The van der Waals surface area contributed by atoms with E-state index >= 15 is 0 Å². The molecule has 5 nitrogen and oxygen atoms in total. The van der Waals surface area contributed by atoms with E-state index in [-0.39, 0.29) is 17.2 Å². The first-order valence-electron chi connectivity index (χ1n) is 9.15. The van der Waals surface area contributed by atoms with Crippen LogP contribution in [0.15, 0.2) is 35.7 Å². The van der Waals surface area contributed by atoms with Crippen molar-refractivity contribution in [1.29, 1.82) is 0 Å². The molecule has 144 valence electrons. The van der Waals surface area contributed by atoms with E-state index in [1.54, 1.807) is 18.1 Å². The van der Waals surface area contributed by atoms with E-state index in [1.807, 2.05) is 29.6 Å². The van der Waals surface area contributed by atoms with Gasteiger partial charge in [0, 0.05) is 6.54 Å². The number of rotatable bonds is 4. The minimum Gasteiger partial charge on any atom is -0.495 e. The maximum atomic E-state index is 13.0. The van der Waals surface area contributed by atoms with Crippen LogP contribution in [0.1, 0.15) is 48.8 Å². The highest BCUT2D eigenvalue weighted by Crippen LogP contribution is 2.32. The number of nitrogens with zero attached hydrogens (tertiary/aromatic N) is 1. The second-order valence-corrected chi connectivity index (χ2v) is 8.74. The number of thiophene rings is 1. The van der Waals surface area contributed by atoms with Gasteiger partial charge in [0.25, 0.3) is 5.91 Å². The Labute approximate surface area is 164 Å². The van der Waals surface area contributed by atoms with Gasteiger partial charge in [0.2, 0.25) is 5.91 Å². The Morgan fingerprint density at radius 3 is 2.67 bits per heavy atom. The van der Waals surface area contributed by atoms with Crippen LogP contribution in [0, 0.1) is 0 Å². The standard InChI is InChI=1S/C21H26N2O3S/c1-21(2,3)14-9-10-17(26-4)15(13-14)22-19(24)16-7-5-11-23(16)20(25)18-8-6-12-27-18/h6,8-10,12-13,16H,5,7,11H2,1-4H3,(H,22,24). The maximum Gasteiger partial charge on any atom is 0.264 e. The summed E-state index contributed by atoms with van der Waals surface area (Å²) in [6.45, 7) is 6.98. The van der Waals surface area contributed by atoms with Crippen molar-refractivity contribution in [2.75, 3.05) is 19.0 Å². The molecule has 1 aliphatic heterocycles. The van der Waals surface area contributed by atoms with Gasteiger partial charge in [-0.05, 0) is 47.4 Å². The second-order valence-electron chi connectivity index (χ2n) is 7.79. The largest absolute Gasteiger partial charge is 0.495 e. The van der Waals surface area contributed by atoms with Crippen LogP contribution in [0.3, 0.4) is 0 Å². The molecule has 0 spiro atoms. The first-order valence-corrected chi connectivity index (χ1v) is 10.0. The van der Waals surface area contributed by atoms with Crippen molar-refractivity contribution in [1.82, 2.24) is 4.90 Å². The number of methoxy groups -OCH3 is 1. The number of hydrogen-bond acceptors (Lipinski definition) is 4. The molecular formula is C21H26N2O3S. The third-order valence-electron chi connectivity index (χ3n) is 4.87. The van der Waals surface area contributed by atoms with Gasteiger partial charge in [-0.3, -0.25) is 9.59 Å².